The van der Waals surface area contributed by atoms with Crippen LogP contribution in [0.2, 0.25) is 0 Å². The molecule has 92 valence electrons. The zero-order chi connectivity index (χ0) is 12.3. The molecule has 0 saturated heterocycles. The molecule has 0 spiro atoms. The molecule has 0 aliphatic carbocycles. The summed E-state index contributed by atoms with van der Waals surface area (Å²) < 4.78 is 22.7. The van der Waals surface area contributed by atoms with Crippen molar-refractivity contribution in [2.75, 3.05) is 23.4 Å². The average molecular weight is 271 g/mol. The first-order valence-electron chi connectivity index (χ1n) is 5.25. The fourth-order valence-corrected chi connectivity index (χ4v) is 2.83. The van der Waals surface area contributed by atoms with Crippen molar-refractivity contribution in [3.05, 3.63) is 17.8 Å². The van der Waals surface area contributed by atoms with Crippen LogP contribution in [0.5, 0.6) is 0 Å². The summed E-state index contributed by atoms with van der Waals surface area (Å²) in [4.78, 5) is 9.14. The van der Waals surface area contributed by atoms with Crippen molar-refractivity contribution in [3.63, 3.8) is 0 Å². The highest BCUT2D eigenvalue weighted by atomic mass is 32.2. The third-order valence-electron chi connectivity index (χ3n) is 2.41. The van der Waals surface area contributed by atoms with E-state index in [2.05, 4.69) is 15.3 Å². The molecule has 2 aromatic rings. The second kappa shape index (κ2) is 4.97. The largest absolute Gasteiger partial charge is 0.368 e. The van der Waals surface area contributed by atoms with Crippen LogP contribution in [0.25, 0.3) is 10.2 Å². The van der Waals surface area contributed by atoms with E-state index in [-0.39, 0.29) is 11.5 Å². The van der Waals surface area contributed by atoms with Gasteiger partial charge in [-0.05, 0) is 11.4 Å². The van der Waals surface area contributed by atoms with Crippen molar-refractivity contribution >= 4 is 37.2 Å². The predicted molar refractivity (Wildman–Crippen MR) is 70.2 cm³/mol. The summed E-state index contributed by atoms with van der Waals surface area (Å²) in [6, 6.07) is 1.93. The lowest BCUT2D eigenvalue weighted by Gasteiger charge is -2.06. The number of aromatic nitrogens is 2. The number of hydrogen-bond acceptors (Lipinski definition) is 6. The Morgan fingerprint density at radius 2 is 2.24 bits per heavy atom. The monoisotopic (exact) mass is 271 g/mol. The van der Waals surface area contributed by atoms with Gasteiger partial charge in [0.1, 0.15) is 17.0 Å². The molecule has 17 heavy (non-hydrogen) atoms. The Morgan fingerprint density at radius 3 is 3.00 bits per heavy atom. The van der Waals surface area contributed by atoms with Crippen LogP contribution in [-0.2, 0) is 9.84 Å². The van der Waals surface area contributed by atoms with Gasteiger partial charge in [-0.3, -0.25) is 0 Å². The molecule has 0 fully saturated rings. The van der Waals surface area contributed by atoms with Gasteiger partial charge >= 0.3 is 0 Å². The Morgan fingerprint density at radius 1 is 1.41 bits per heavy atom. The van der Waals surface area contributed by atoms with Crippen molar-refractivity contribution in [3.8, 4) is 0 Å². The summed E-state index contributed by atoms with van der Waals surface area (Å²) in [6.45, 7) is 2.02. The van der Waals surface area contributed by atoms with Gasteiger partial charge in [0.15, 0.2) is 9.84 Å². The molecule has 0 bridgehead atoms. The second-order valence-electron chi connectivity index (χ2n) is 3.52. The molecule has 0 aromatic carbocycles. The Bertz CT molecular complexity index is 607. The van der Waals surface area contributed by atoms with Crippen molar-refractivity contribution in [2.45, 2.75) is 6.92 Å². The Labute approximate surface area is 104 Å². The lowest BCUT2D eigenvalue weighted by molar-refractivity contribution is 0.597. The molecule has 1 N–H and O–H groups in total. The summed E-state index contributed by atoms with van der Waals surface area (Å²) in [5.74, 6) is 0.994. The molecule has 0 atom stereocenters. The number of hydrogen-bond donors (Lipinski definition) is 1. The number of anilines is 1. The van der Waals surface area contributed by atoms with E-state index in [4.69, 9.17) is 0 Å². The van der Waals surface area contributed by atoms with Crippen LogP contribution in [0.1, 0.15) is 6.92 Å². The smallest absolute Gasteiger partial charge is 0.151 e. The van der Waals surface area contributed by atoms with Crippen LogP contribution in [-0.4, -0.2) is 36.4 Å². The van der Waals surface area contributed by atoms with E-state index in [0.29, 0.717) is 12.4 Å². The fraction of sp³-hybridized carbons (Fsp3) is 0.400. The molecule has 2 rings (SSSR count). The Kier molecular flexibility index (Phi) is 3.58. The van der Waals surface area contributed by atoms with E-state index in [9.17, 15) is 8.42 Å². The van der Waals surface area contributed by atoms with Gasteiger partial charge in [0.25, 0.3) is 0 Å². The Balaban J connectivity index is 2.07. The zero-order valence-electron chi connectivity index (χ0n) is 9.38. The van der Waals surface area contributed by atoms with Crippen molar-refractivity contribution in [2.24, 2.45) is 0 Å². The first-order chi connectivity index (χ1) is 8.12. The standard InChI is InChI=1S/C10H13N3O2S2/c1-2-17(14,15)6-4-11-9-8-3-5-16-10(8)13-7-12-9/h3,5,7H,2,4,6H2,1H3,(H,11,12,13). The normalized spacial score (nSPS) is 11.8. The van der Waals surface area contributed by atoms with Crippen molar-refractivity contribution in [1.82, 2.24) is 9.97 Å². The number of rotatable bonds is 5. The summed E-state index contributed by atoms with van der Waals surface area (Å²) >= 11 is 1.54. The number of nitrogens with one attached hydrogen (secondary N) is 1. The summed E-state index contributed by atoms with van der Waals surface area (Å²) in [5, 5.41) is 5.91. The third-order valence-corrected chi connectivity index (χ3v) is 4.93. The van der Waals surface area contributed by atoms with Gasteiger partial charge in [-0.2, -0.15) is 0 Å². The van der Waals surface area contributed by atoms with E-state index in [1.807, 2.05) is 11.4 Å². The first kappa shape index (κ1) is 12.3. The molecule has 2 heterocycles. The van der Waals surface area contributed by atoms with E-state index in [1.54, 1.807) is 6.92 Å². The third kappa shape index (κ3) is 2.92. The number of fused-ring (bicyclic) bond motifs is 1. The lowest BCUT2D eigenvalue weighted by atomic mass is 10.4. The van der Waals surface area contributed by atoms with Gasteiger partial charge in [-0.1, -0.05) is 6.92 Å². The van der Waals surface area contributed by atoms with Crippen LogP contribution in [0, 0.1) is 0 Å². The Hall–Kier alpha value is -1.21. The van der Waals surface area contributed by atoms with E-state index >= 15 is 0 Å². The molecular weight excluding hydrogens is 258 g/mol. The number of nitrogens with zero attached hydrogens (tertiary/aromatic N) is 2. The SMILES string of the molecule is CCS(=O)(=O)CCNc1ncnc2sccc12. The maximum atomic E-state index is 11.3. The molecule has 0 saturated carbocycles. The van der Waals surface area contributed by atoms with Gasteiger partial charge < -0.3 is 5.32 Å². The zero-order valence-corrected chi connectivity index (χ0v) is 11.0. The van der Waals surface area contributed by atoms with Crippen LogP contribution in [0.4, 0.5) is 5.82 Å². The lowest BCUT2D eigenvalue weighted by Crippen LogP contribution is -2.17. The molecular formula is C10H13N3O2S2. The summed E-state index contributed by atoms with van der Waals surface area (Å²) in [6.07, 6.45) is 1.48. The number of thiophene rings is 1. The number of sulfone groups is 1. The quantitative estimate of drug-likeness (QED) is 0.893. The van der Waals surface area contributed by atoms with Gasteiger partial charge in [0.2, 0.25) is 0 Å². The molecule has 0 aliphatic heterocycles. The predicted octanol–water partition coefficient (Wildman–Crippen LogP) is 1.54. The minimum Gasteiger partial charge on any atom is -0.368 e. The van der Waals surface area contributed by atoms with Gasteiger partial charge in [0, 0.05) is 12.3 Å². The molecule has 0 aliphatic rings. The summed E-state index contributed by atoms with van der Waals surface area (Å²) in [5.41, 5.74) is 0. The molecule has 2 aromatic heterocycles. The van der Waals surface area contributed by atoms with Crippen LogP contribution in [0.15, 0.2) is 17.8 Å². The molecule has 0 unspecified atom stereocenters. The highest BCUT2D eigenvalue weighted by molar-refractivity contribution is 7.91. The highest BCUT2D eigenvalue weighted by Crippen LogP contribution is 2.23. The maximum Gasteiger partial charge on any atom is 0.151 e. The maximum absolute atomic E-state index is 11.3. The van der Waals surface area contributed by atoms with E-state index in [0.717, 1.165) is 10.2 Å². The van der Waals surface area contributed by atoms with Crippen LogP contribution < -0.4 is 5.32 Å². The minimum absolute atomic E-state index is 0.124. The topological polar surface area (TPSA) is 72.0 Å². The minimum atomic E-state index is -2.93. The average Bonchev–Trinajstić information content (AvgIpc) is 2.78. The molecule has 7 heteroatoms. The van der Waals surface area contributed by atoms with E-state index < -0.39 is 9.84 Å². The van der Waals surface area contributed by atoms with E-state index in [1.165, 1.54) is 17.7 Å². The molecule has 0 radical (unpaired) electrons. The summed E-state index contributed by atoms with van der Waals surface area (Å²) in [7, 11) is -2.93. The van der Waals surface area contributed by atoms with Crippen molar-refractivity contribution in [1.29, 1.82) is 0 Å². The molecule has 0 amide bonds. The van der Waals surface area contributed by atoms with Crippen LogP contribution in [0.3, 0.4) is 0 Å². The second-order valence-corrected chi connectivity index (χ2v) is 6.89. The van der Waals surface area contributed by atoms with Crippen molar-refractivity contribution < 1.29 is 8.42 Å². The molecule has 5 nitrogen and oxygen atoms in total. The van der Waals surface area contributed by atoms with Gasteiger partial charge in [-0.15, -0.1) is 11.3 Å². The van der Waals surface area contributed by atoms with Gasteiger partial charge in [-0.25, -0.2) is 18.4 Å². The highest BCUT2D eigenvalue weighted by Gasteiger charge is 2.08. The fourth-order valence-electron chi connectivity index (χ4n) is 1.40. The van der Waals surface area contributed by atoms with Gasteiger partial charge in [0.05, 0.1) is 11.1 Å². The first-order valence-corrected chi connectivity index (χ1v) is 7.95. The van der Waals surface area contributed by atoms with Crippen LogP contribution >= 0.6 is 11.3 Å².